The second kappa shape index (κ2) is 5.48. The summed E-state index contributed by atoms with van der Waals surface area (Å²) in [4.78, 5) is 21.3. The van der Waals surface area contributed by atoms with E-state index in [0.717, 1.165) is 13.0 Å². The SMILES string of the molecule is COC(=O)NC1CCN(c2nc(Cl)nc(C)c2N)C1. The largest absolute Gasteiger partial charge is 0.453 e. The molecule has 3 N–H and O–H groups in total. The number of nitrogen functional groups attached to an aromatic ring is 1. The number of nitrogens with zero attached hydrogens (tertiary/aromatic N) is 3. The van der Waals surface area contributed by atoms with Crippen molar-refractivity contribution in [2.45, 2.75) is 19.4 Å². The number of methoxy groups -OCH3 is 1. The van der Waals surface area contributed by atoms with Gasteiger partial charge >= 0.3 is 6.09 Å². The number of amides is 1. The van der Waals surface area contributed by atoms with Crippen LogP contribution in [0.2, 0.25) is 5.28 Å². The molecule has 1 aromatic rings. The minimum absolute atomic E-state index is 0.0147. The number of hydrogen-bond donors (Lipinski definition) is 2. The molecule has 0 saturated carbocycles. The molecule has 1 aliphatic rings. The molecule has 0 spiro atoms. The van der Waals surface area contributed by atoms with Crippen molar-refractivity contribution >= 4 is 29.2 Å². The first-order valence-corrected chi connectivity index (χ1v) is 6.28. The Morgan fingerprint density at radius 3 is 3.00 bits per heavy atom. The van der Waals surface area contributed by atoms with Crippen LogP contribution in [0.5, 0.6) is 0 Å². The molecule has 0 aromatic carbocycles. The molecule has 19 heavy (non-hydrogen) atoms. The zero-order chi connectivity index (χ0) is 14.0. The number of nitrogens with one attached hydrogen (secondary N) is 1. The van der Waals surface area contributed by atoms with Gasteiger partial charge in [0.05, 0.1) is 24.5 Å². The first-order chi connectivity index (χ1) is 9.01. The minimum atomic E-state index is -0.434. The lowest BCUT2D eigenvalue weighted by Gasteiger charge is -2.20. The van der Waals surface area contributed by atoms with Gasteiger partial charge in [-0.15, -0.1) is 0 Å². The molecule has 2 heterocycles. The third-order valence-corrected chi connectivity index (χ3v) is 3.25. The van der Waals surface area contributed by atoms with E-state index in [0.29, 0.717) is 23.7 Å². The Morgan fingerprint density at radius 1 is 1.58 bits per heavy atom. The number of aryl methyl sites for hydroxylation is 1. The lowest BCUT2D eigenvalue weighted by Crippen LogP contribution is -2.37. The Kier molecular flexibility index (Phi) is 3.94. The predicted molar refractivity (Wildman–Crippen MR) is 72.4 cm³/mol. The van der Waals surface area contributed by atoms with E-state index in [1.807, 2.05) is 4.90 Å². The van der Waals surface area contributed by atoms with E-state index in [-0.39, 0.29) is 11.3 Å². The highest BCUT2D eigenvalue weighted by Crippen LogP contribution is 2.27. The van der Waals surface area contributed by atoms with Crippen LogP contribution >= 0.6 is 11.6 Å². The fourth-order valence-corrected chi connectivity index (χ4v) is 2.28. The molecule has 1 aliphatic heterocycles. The fraction of sp³-hybridized carbons (Fsp3) is 0.545. The molecular weight excluding hydrogens is 270 g/mol. The number of rotatable bonds is 2. The van der Waals surface area contributed by atoms with Gasteiger partial charge in [-0.25, -0.2) is 9.78 Å². The molecule has 1 aromatic heterocycles. The molecule has 1 amide bonds. The van der Waals surface area contributed by atoms with Crippen LogP contribution in [-0.2, 0) is 4.74 Å². The number of nitrogens with two attached hydrogens (primary N) is 1. The Hall–Kier alpha value is -1.76. The van der Waals surface area contributed by atoms with E-state index in [9.17, 15) is 4.79 Å². The highest BCUT2D eigenvalue weighted by molar-refractivity contribution is 6.28. The number of carbonyl (C=O) groups excluding carboxylic acids is 1. The third kappa shape index (κ3) is 2.98. The lowest BCUT2D eigenvalue weighted by atomic mass is 10.3. The van der Waals surface area contributed by atoms with Gasteiger partial charge in [0.2, 0.25) is 5.28 Å². The smallest absolute Gasteiger partial charge is 0.407 e. The van der Waals surface area contributed by atoms with E-state index < -0.39 is 6.09 Å². The van der Waals surface area contributed by atoms with Crippen LogP contribution in [0.1, 0.15) is 12.1 Å². The molecule has 7 nitrogen and oxygen atoms in total. The quantitative estimate of drug-likeness (QED) is 0.786. The molecule has 8 heteroatoms. The average Bonchev–Trinajstić information content (AvgIpc) is 2.81. The highest BCUT2D eigenvalue weighted by atomic mass is 35.5. The number of carbonyl (C=O) groups is 1. The van der Waals surface area contributed by atoms with Crippen molar-refractivity contribution in [1.82, 2.24) is 15.3 Å². The third-order valence-electron chi connectivity index (χ3n) is 3.08. The summed E-state index contributed by atoms with van der Waals surface area (Å²) in [5.74, 6) is 0.617. The van der Waals surface area contributed by atoms with E-state index in [4.69, 9.17) is 17.3 Å². The van der Waals surface area contributed by atoms with Gasteiger partial charge in [-0.05, 0) is 24.9 Å². The van der Waals surface area contributed by atoms with Crippen molar-refractivity contribution in [3.05, 3.63) is 11.0 Å². The highest BCUT2D eigenvalue weighted by Gasteiger charge is 2.27. The summed E-state index contributed by atoms with van der Waals surface area (Å²) in [5, 5.41) is 2.93. The molecular formula is C11H16ClN5O2. The Bertz CT molecular complexity index is 496. The summed E-state index contributed by atoms with van der Waals surface area (Å²) >= 11 is 5.85. The molecule has 2 rings (SSSR count). The Morgan fingerprint density at radius 2 is 2.32 bits per heavy atom. The standard InChI is InChI=1S/C11H16ClN5O2/c1-6-8(13)9(16-10(12)14-6)17-4-3-7(5-17)15-11(18)19-2/h7H,3-5,13H2,1-2H3,(H,15,18). The van der Waals surface area contributed by atoms with Gasteiger partial charge in [0, 0.05) is 13.1 Å². The van der Waals surface area contributed by atoms with Crippen LogP contribution in [0, 0.1) is 6.92 Å². The minimum Gasteiger partial charge on any atom is -0.453 e. The summed E-state index contributed by atoms with van der Waals surface area (Å²) in [6.45, 7) is 3.14. The maximum Gasteiger partial charge on any atom is 0.407 e. The van der Waals surface area contributed by atoms with Gasteiger partial charge in [-0.2, -0.15) is 4.98 Å². The van der Waals surface area contributed by atoms with Crippen molar-refractivity contribution in [3.8, 4) is 0 Å². The maximum atomic E-state index is 11.2. The number of alkyl carbamates (subject to hydrolysis) is 1. The van der Waals surface area contributed by atoms with Crippen LogP contribution in [0.3, 0.4) is 0 Å². The molecule has 104 valence electrons. The van der Waals surface area contributed by atoms with Gasteiger partial charge in [0.15, 0.2) is 5.82 Å². The van der Waals surface area contributed by atoms with Crippen molar-refractivity contribution in [1.29, 1.82) is 0 Å². The first-order valence-electron chi connectivity index (χ1n) is 5.90. The number of halogens is 1. The molecule has 1 fully saturated rings. The van der Waals surface area contributed by atoms with Gasteiger partial charge in [0.1, 0.15) is 0 Å². The van der Waals surface area contributed by atoms with Crippen LogP contribution in [0.4, 0.5) is 16.3 Å². The Balaban J connectivity index is 2.11. The van der Waals surface area contributed by atoms with Crippen molar-refractivity contribution in [2.24, 2.45) is 0 Å². The van der Waals surface area contributed by atoms with Crippen LogP contribution in [0.15, 0.2) is 0 Å². The molecule has 1 saturated heterocycles. The maximum absolute atomic E-state index is 11.2. The second-order valence-corrected chi connectivity index (χ2v) is 4.72. The van der Waals surface area contributed by atoms with E-state index in [1.54, 1.807) is 6.92 Å². The topological polar surface area (TPSA) is 93.4 Å². The van der Waals surface area contributed by atoms with Gasteiger partial charge in [0.25, 0.3) is 0 Å². The number of aromatic nitrogens is 2. The molecule has 0 radical (unpaired) electrons. The van der Waals surface area contributed by atoms with Crippen molar-refractivity contribution in [3.63, 3.8) is 0 Å². The lowest BCUT2D eigenvalue weighted by molar-refractivity contribution is 0.167. The number of ether oxygens (including phenoxy) is 1. The second-order valence-electron chi connectivity index (χ2n) is 4.38. The molecule has 1 unspecified atom stereocenters. The first kappa shape index (κ1) is 13.7. The van der Waals surface area contributed by atoms with Crippen LogP contribution in [0.25, 0.3) is 0 Å². The average molecular weight is 286 g/mol. The van der Waals surface area contributed by atoms with Gasteiger partial charge in [-0.1, -0.05) is 0 Å². The Labute approximate surface area is 116 Å². The molecule has 1 atom stereocenters. The molecule has 0 bridgehead atoms. The number of anilines is 2. The fourth-order valence-electron chi connectivity index (χ4n) is 2.07. The summed E-state index contributed by atoms with van der Waals surface area (Å²) in [5.41, 5.74) is 7.14. The predicted octanol–water partition coefficient (Wildman–Crippen LogP) is 0.955. The molecule has 0 aliphatic carbocycles. The summed E-state index contributed by atoms with van der Waals surface area (Å²) in [7, 11) is 1.34. The van der Waals surface area contributed by atoms with E-state index in [2.05, 4.69) is 20.0 Å². The summed E-state index contributed by atoms with van der Waals surface area (Å²) < 4.78 is 4.58. The van der Waals surface area contributed by atoms with Gasteiger partial charge in [-0.3, -0.25) is 0 Å². The monoisotopic (exact) mass is 285 g/mol. The zero-order valence-electron chi connectivity index (χ0n) is 10.8. The summed E-state index contributed by atoms with van der Waals surface area (Å²) in [6.07, 6.45) is 0.367. The normalized spacial score (nSPS) is 18.5. The van der Waals surface area contributed by atoms with Crippen LogP contribution in [-0.4, -0.2) is 42.3 Å². The summed E-state index contributed by atoms with van der Waals surface area (Å²) in [6, 6.07) is 0.0147. The zero-order valence-corrected chi connectivity index (χ0v) is 11.6. The van der Waals surface area contributed by atoms with Gasteiger partial charge < -0.3 is 20.7 Å². The van der Waals surface area contributed by atoms with E-state index >= 15 is 0 Å². The van der Waals surface area contributed by atoms with Crippen LogP contribution < -0.4 is 16.0 Å². The van der Waals surface area contributed by atoms with Crippen molar-refractivity contribution < 1.29 is 9.53 Å². The number of hydrogen-bond acceptors (Lipinski definition) is 6. The van der Waals surface area contributed by atoms with Crippen molar-refractivity contribution in [2.75, 3.05) is 30.8 Å². The van der Waals surface area contributed by atoms with E-state index in [1.165, 1.54) is 7.11 Å².